The minimum atomic E-state index is -0.357. The average Bonchev–Trinajstić information content (AvgIpc) is 2.29. The average molecular weight is 231 g/mol. The third-order valence-corrected chi connectivity index (χ3v) is 2.37. The van der Waals surface area contributed by atoms with Gasteiger partial charge >= 0.3 is 0 Å². The highest BCUT2D eigenvalue weighted by molar-refractivity contribution is 6.05. The zero-order valence-corrected chi connectivity index (χ0v) is 10.2. The third kappa shape index (κ3) is 4.23. The zero-order valence-electron chi connectivity index (χ0n) is 10.2. The summed E-state index contributed by atoms with van der Waals surface area (Å²) in [6, 6.07) is 8.69. The van der Waals surface area contributed by atoms with Gasteiger partial charge in [-0.1, -0.05) is 30.7 Å². The molecule has 1 aromatic rings. The maximum absolute atomic E-state index is 11.7. The summed E-state index contributed by atoms with van der Waals surface area (Å²) in [5.41, 5.74) is 1.42. The molecule has 0 radical (unpaired) electrons. The molecule has 17 heavy (non-hydrogen) atoms. The number of rotatable bonds is 4. The number of carbonyl (C=O) groups is 2. The van der Waals surface area contributed by atoms with Crippen molar-refractivity contribution >= 4 is 11.8 Å². The molecular weight excluding hydrogens is 214 g/mol. The zero-order chi connectivity index (χ0) is 12.8. The first-order valence-electron chi connectivity index (χ1n) is 5.55. The molecule has 0 fully saturated rings. The number of nitrogens with one attached hydrogen (secondary N) is 1. The quantitative estimate of drug-likeness (QED) is 0.809. The molecule has 90 valence electrons. The first-order chi connectivity index (χ1) is 8.00. The van der Waals surface area contributed by atoms with Crippen molar-refractivity contribution in [3.05, 3.63) is 48.0 Å². The van der Waals surface area contributed by atoms with Crippen molar-refractivity contribution in [1.29, 1.82) is 0 Å². The predicted molar refractivity (Wildman–Crippen MR) is 67.5 cm³/mol. The van der Waals surface area contributed by atoms with Crippen molar-refractivity contribution in [1.82, 2.24) is 5.32 Å². The van der Waals surface area contributed by atoms with Crippen molar-refractivity contribution in [2.75, 3.05) is 0 Å². The Morgan fingerprint density at radius 2 is 1.88 bits per heavy atom. The van der Waals surface area contributed by atoms with Gasteiger partial charge in [-0.3, -0.25) is 14.9 Å². The molecule has 1 unspecified atom stereocenters. The van der Waals surface area contributed by atoms with E-state index in [4.69, 9.17) is 0 Å². The molecule has 0 aromatic heterocycles. The van der Waals surface area contributed by atoms with Gasteiger partial charge in [0.2, 0.25) is 5.91 Å². The second kappa shape index (κ2) is 5.99. The van der Waals surface area contributed by atoms with Crippen LogP contribution in [0.4, 0.5) is 0 Å². The van der Waals surface area contributed by atoms with Gasteiger partial charge in [-0.15, -0.1) is 6.58 Å². The number of amides is 2. The molecule has 0 aliphatic rings. The van der Waals surface area contributed by atoms with E-state index in [1.807, 2.05) is 13.0 Å². The van der Waals surface area contributed by atoms with Gasteiger partial charge in [0.05, 0.1) is 0 Å². The van der Waals surface area contributed by atoms with E-state index in [-0.39, 0.29) is 17.7 Å². The molecule has 1 atom stereocenters. The van der Waals surface area contributed by atoms with Gasteiger partial charge in [-0.05, 0) is 25.5 Å². The van der Waals surface area contributed by atoms with E-state index >= 15 is 0 Å². The Balaban J connectivity index is 2.58. The molecule has 2 amide bonds. The molecule has 1 N–H and O–H groups in total. The molecule has 3 nitrogen and oxygen atoms in total. The third-order valence-electron chi connectivity index (χ3n) is 2.37. The number of allylic oxidation sites excluding steroid dienone is 1. The van der Waals surface area contributed by atoms with Crippen molar-refractivity contribution in [2.24, 2.45) is 5.92 Å². The van der Waals surface area contributed by atoms with E-state index < -0.39 is 0 Å². The van der Waals surface area contributed by atoms with Crippen LogP contribution in [-0.2, 0) is 4.79 Å². The van der Waals surface area contributed by atoms with Gasteiger partial charge in [0.15, 0.2) is 0 Å². The van der Waals surface area contributed by atoms with Gasteiger partial charge in [0, 0.05) is 11.5 Å². The maximum atomic E-state index is 11.7. The Morgan fingerprint density at radius 3 is 2.41 bits per heavy atom. The number of imide groups is 1. The van der Waals surface area contributed by atoms with Crippen LogP contribution >= 0.6 is 0 Å². The highest BCUT2D eigenvalue weighted by atomic mass is 16.2. The summed E-state index contributed by atoms with van der Waals surface area (Å²) in [6.45, 7) is 7.39. The predicted octanol–water partition coefficient (Wildman–Crippen LogP) is 2.55. The minimum absolute atomic E-state index is 0.236. The van der Waals surface area contributed by atoms with Crippen LogP contribution in [0.3, 0.4) is 0 Å². The number of carbonyl (C=O) groups excluding carboxylic acids is 2. The molecule has 0 aliphatic carbocycles. The largest absolute Gasteiger partial charge is 0.292 e. The van der Waals surface area contributed by atoms with E-state index in [2.05, 4.69) is 11.9 Å². The summed E-state index contributed by atoms with van der Waals surface area (Å²) in [6.07, 6.45) is 0.591. The van der Waals surface area contributed by atoms with Crippen molar-refractivity contribution < 1.29 is 9.59 Å². The molecule has 0 saturated carbocycles. The highest BCUT2D eigenvalue weighted by Crippen LogP contribution is 2.09. The lowest BCUT2D eigenvalue weighted by atomic mass is 10.0. The summed E-state index contributed by atoms with van der Waals surface area (Å²) in [4.78, 5) is 23.4. The van der Waals surface area contributed by atoms with Crippen LogP contribution < -0.4 is 5.32 Å². The first-order valence-corrected chi connectivity index (χ1v) is 5.55. The number of hydrogen-bond donors (Lipinski definition) is 1. The Kier molecular flexibility index (Phi) is 4.64. The lowest BCUT2D eigenvalue weighted by molar-refractivity contribution is -0.123. The first kappa shape index (κ1) is 13.2. The van der Waals surface area contributed by atoms with E-state index in [9.17, 15) is 9.59 Å². The van der Waals surface area contributed by atoms with Crippen LogP contribution in [0.1, 0.15) is 30.6 Å². The monoisotopic (exact) mass is 231 g/mol. The van der Waals surface area contributed by atoms with Crippen molar-refractivity contribution in [2.45, 2.75) is 20.3 Å². The Bertz CT molecular complexity index is 423. The summed E-state index contributed by atoms with van der Waals surface area (Å²) < 4.78 is 0. The number of benzene rings is 1. The fourth-order valence-corrected chi connectivity index (χ4v) is 1.51. The molecule has 0 bridgehead atoms. The summed E-state index contributed by atoms with van der Waals surface area (Å²) in [5, 5.41) is 2.38. The van der Waals surface area contributed by atoms with Crippen molar-refractivity contribution in [3.8, 4) is 0 Å². The topological polar surface area (TPSA) is 46.2 Å². The standard InChI is InChI=1S/C14H17NO2/c1-10(2)9-11(3)13(16)15-14(17)12-7-5-4-6-8-12/h4-8,11H,1,9H2,2-3H3,(H,15,16,17). The maximum Gasteiger partial charge on any atom is 0.257 e. The van der Waals surface area contributed by atoms with Crippen LogP contribution in [0, 0.1) is 5.92 Å². The lowest BCUT2D eigenvalue weighted by Crippen LogP contribution is -2.34. The van der Waals surface area contributed by atoms with Gasteiger partial charge in [-0.2, -0.15) is 0 Å². The SMILES string of the molecule is C=C(C)CC(C)C(=O)NC(=O)c1ccccc1. The second-order valence-corrected chi connectivity index (χ2v) is 4.25. The van der Waals surface area contributed by atoms with Crippen LogP contribution in [0.5, 0.6) is 0 Å². The molecule has 1 rings (SSSR count). The molecule has 1 aromatic carbocycles. The van der Waals surface area contributed by atoms with Crippen molar-refractivity contribution in [3.63, 3.8) is 0 Å². The van der Waals surface area contributed by atoms with E-state index in [0.29, 0.717) is 12.0 Å². The summed E-state index contributed by atoms with van der Waals surface area (Å²) in [5.74, 6) is -0.855. The van der Waals surface area contributed by atoms with E-state index in [1.54, 1.807) is 31.2 Å². The lowest BCUT2D eigenvalue weighted by Gasteiger charge is -2.10. The second-order valence-electron chi connectivity index (χ2n) is 4.25. The molecular formula is C14H17NO2. The summed E-state index contributed by atoms with van der Waals surface area (Å²) in [7, 11) is 0. The van der Waals surface area contributed by atoms with E-state index in [0.717, 1.165) is 5.57 Å². The van der Waals surface area contributed by atoms with Gasteiger partial charge in [0.1, 0.15) is 0 Å². The molecule has 3 heteroatoms. The Hall–Kier alpha value is -1.90. The molecule has 0 aliphatic heterocycles. The van der Waals surface area contributed by atoms with Crippen LogP contribution in [-0.4, -0.2) is 11.8 Å². The van der Waals surface area contributed by atoms with Gasteiger partial charge in [0.25, 0.3) is 5.91 Å². The normalized spacial score (nSPS) is 11.6. The molecule has 0 saturated heterocycles. The van der Waals surface area contributed by atoms with E-state index in [1.165, 1.54) is 0 Å². The highest BCUT2D eigenvalue weighted by Gasteiger charge is 2.16. The fourth-order valence-electron chi connectivity index (χ4n) is 1.51. The Labute approximate surface area is 102 Å². The smallest absolute Gasteiger partial charge is 0.257 e. The number of hydrogen-bond acceptors (Lipinski definition) is 2. The molecule has 0 spiro atoms. The van der Waals surface area contributed by atoms with Crippen LogP contribution in [0.15, 0.2) is 42.5 Å². The fraction of sp³-hybridized carbons (Fsp3) is 0.286. The summed E-state index contributed by atoms with van der Waals surface area (Å²) >= 11 is 0. The molecule has 0 heterocycles. The minimum Gasteiger partial charge on any atom is -0.292 e. The van der Waals surface area contributed by atoms with Crippen LogP contribution in [0.25, 0.3) is 0 Å². The Morgan fingerprint density at radius 1 is 1.29 bits per heavy atom. The van der Waals surface area contributed by atoms with Crippen LogP contribution in [0.2, 0.25) is 0 Å². The van der Waals surface area contributed by atoms with Gasteiger partial charge < -0.3 is 0 Å². The van der Waals surface area contributed by atoms with Gasteiger partial charge in [-0.25, -0.2) is 0 Å².